The first-order valence-corrected chi connectivity index (χ1v) is 9.61. The van der Waals surface area contributed by atoms with Gasteiger partial charge in [-0.05, 0) is 38.3 Å². The molecule has 4 nitrogen and oxygen atoms in total. The maximum Gasteiger partial charge on any atom is 0.190 e. The molecule has 0 saturated carbocycles. The summed E-state index contributed by atoms with van der Waals surface area (Å²) < 4.78 is 25.1. The van der Waals surface area contributed by atoms with E-state index in [0.717, 1.165) is 48.1 Å². The van der Waals surface area contributed by atoms with Gasteiger partial charge in [0.15, 0.2) is 12.6 Å². The van der Waals surface area contributed by atoms with Crippen LogP contribution in [0, 0.1) is 0 Å². The molecule has 2 aliphatic heterocycles. The van der Waals surface area contributed by atoms with Crippen LogP contribution in [0.3, 0.4) is 0 Å². The largest absolute Gasteiger partial charge is 0.488 e. The Morgan fingerprint density at radius 2 is 2.25 bits per heavy atom. The topological polar surface area (TPSA) is 36.9 Å². The summed E-state index contributed by atoms with van der Waals surface area (Å²) in [6.45, 7) is 3.31. The molecule has 4 rings (SSSR count). The van der Waals surface area contributed by atoms with Gasteiger partial charge >= 0.3 is 0 Å². The lowest BCUT2D eigenvalue weighted by Gasteiger charge is -2.28. The van der Waals surface area contributed by atoms with Crippen LogP contribution in [0.25, 0.3) is 0 Å². The van der Waals surface area contributed by atoms with E-state index in [-0.39, 0.29) is 12.4 Å². The lowest BCUT2D eigenvalue weighted by molar-refractivity contribution is -0.258. The summed E-state index contributed by atoms with van der Waals surface area (Å²) in [4.78, 5) is 0. The van der Waals surface area contributed by atoms with E-state index in [1.54, 1.807) is 0 Å². The molecule has 1 aliphatic carbocycles. The second-order valence-electron chi connectivity index (χ2n) is 6.48. The first-order chi connectivity index (χ1) is 11.8. The molecule has 0 spiro atoms. The molecule has 4 atom stereocenters. The standard InChI is InChI=1S/C19H23BrO4/c1-2-21-19(24-17-8-3-4-9-22-17)15-11-12(20)10-14-13-6-5-7-16(13)23-18(14)15/h5-6,10-11,13,16-17,19H,2-4,7-9H2,1H3/t13-,16-,17?,19?/m1/s1. The van der Waals surface area contributed by atoms with Crippen molar-refractivity contribution in [2.45, 2.75) is 57.2 Å². The van der Waals surface area contributed by atoms with Crippen molar-refractivity contribution in [2.24, 2.45) is 0 Å². The zero-order valence-corrected chi connectivity index (χ0v) is 15.5. The highest BCUT2D eigenvalue weighted by Crippen LogP contribution is 2.49. The van der Waals surface area contributed by atoms with E-state index in [1.165, 1.54) is 5.56 Å². The molecule has 0 N–H and O–H groups in total. The smallest absolute Gasteiger partial charge is 0.190 e. The van der Waals surface area contributed by atoms with Crippen molar-refractivity contribution >= 4 is 15.9 Å². The number of hydrogen-bond donors (Lipinski definition) is 0. The lowest BCUT2D eigenvalue weighted by Crippen LogP contribution is -2.26. The molecule has 1 saturated heterocycles. The van der Waals surface area contributed by atoms with Crippen LogP contribution in [0.1, 0.15) is 55.9 Å². The Morgan fingerprint density at radius 1 is 1.33 bits per heavy atom. The second kappa shape index (κ2) is 7.16. The summed E-state index contributed by atoms with van der Waals surface area (Å²) >= 11 is 3.64. The quantitative estimate of drug-likeness (QED) is 0.529. The highest BCUT2D eigenvalue weighted by Gasteiger charge is 2.38. The van der Waals surface area contributed by atoms with E-state index in [9.17, 15) is 0 Å². The van der Waals surface area contributed by atoms with E-state index in [4.69, 9.17) is 18.9 Å². The van der Waals surface area contributed by atoms with E-state index >= 15 is 0 Å². The zero-order valence-electron chi connectivity index (χ0n) is 13.9. The minimum absolute atomic E-state index is 0.203. The molecule has 2 unspecified atom stereocenters. The lowest BCUT2D eigenvalue weighted by atomic mass is 9.97. The molecule has 1 aromatic rings. The van der Waals surface area contributed by atoms with Gasteiger partial charge in [0, 0.05) is 35.6 Å². The number of benzene rings is 1. The third kappa shape index (κ3) is 3.15. The molecule has 5 heteroatoms. The fraction of sp³-hybridized carbons (Fsp3) is 0.579. The van der Waals surface area contributed by atoms with Gasteiger partial charge in [0.05, 0.1) is 5.56 Å². The third-order valence-corrected chi connectivity index (χ3v) is 5.29. The second-order valence-corrected chi connectivity index (χ2v) is 7.39. The van der Waals surface area contributed by atoms with Crippen LogP contribution in [-0.2, 0) is 14.2 Å². The van der Waals surface area contributed by atoms with Crippen LogP contribution in [0.4, 0.5) is 0 Å². The van der Waals surface area contributed by atoms with Crippen LogP contribution in [0.5, 0.6) is 5.75 Å². The van der Waals surface area contributed by atoms with E-state index in [2.05, 4.69) is 34.1 Å². The van der Waals surface area contributed by atoms with E-state index in [0.29, 0.717) is 12.5 Å². The maximum atomic E-state index is 6.25. The Kier molecular flexibility index (Phi) is 4.95. The molecule has 2 heterocycles. The monoisotopic (exact) mass is 394 g/mol. The fourth-order valence-electron chi connectivity index (χ4n) is 3.71. The summed E-state index contributed by atoms with van der Waals surface area (Å²) in [5, 5.41) is 0. The van der Waals surface area contributed by atoms with Crippen molar-refractivity contribution in [1.82, 2.24) is 0 Å². The average Bonchev–Trinajstić information content (AvgIpc) is 3.17. The normalized spacial score (nSPS) is 29.2. The summed E-state index contributed by atoms with van der Waals surface area (Å²) in [5.41, 5.74) is 2.18. The number of ether oxygens (including phenoxy) is 4. The van der Waals surface area contributed by atoms with Gasteiger partial charge in [-0.2, -0.15) is 0 Å². The van der Waals surface area contributed by atoms with Gasteiger partial charge in [0.25, 0.3) is 0 Å². The average molecular weight is 395 g/mol. The van der Waals surface area contributed by atoms with Crippen LogP contribution < -0.4 is 4.74 Å². The van der Waals surface area contributed by atoms with Crippen molar-refractivity contribution in [2.75, 3.05) is 13.2 Å². The molecule has 24 heavy (non-hydrogen) atoms. The van der Waals surface area contributed by atoms with Crippen molar-refractivity contribution < 1.29 is 18.9 Å². The van der Waals surface area contributed by atoms with Crippen LogP contribution >= 0.6 is 15.9 Å². The molecule has 1 fully saturated rings. The first kappa shape index (κ1) is 16.6. The predicted molar refractivity (Wildman–Crippen MR) is 94.1 cm³/mol. The maximum absolute atomic E-state index is 6.25. The highest BCUT2D eigenvalue weighted by atomic mass is 79.9. The minimum Gasteiger partial charge on any atom is -0.488 e. The van der Waals surface area contributed by atoms with Gasteiger partial charge < -0.3 is 18.9 Å². The van der Waals surface area contributed by atoms with Crippen LogP contribution in [0.2, 0.25) is 0 Å². The molecule has 1 aromatic carbocycles. The Bertz CT molecular complexity index is 624. The zero-order chi connectivity index (χ0) is 16.5. The summed E-state index contributed by atoms with van der Waals surface area (Å²) in [5.74, 6) is 1.26. The number of halogens is 1. The van der Waals surface area contributed by atoms with Crippen LogP contribution in [-0.4, -0.2) is 25.6 Å². The Balaban J connectivity index is 1.64. The molecular formula is C19H23BrO4. The van der Waals surface area contributed by atoms with Gasteiger partial charge in [0.1, 0.15) is 11.9 Å². The van der Waals surface area contributed by atoms with E-state index in [1.807, 2.05) is 13.0 Å². The van der Waals surface area contributed by atoms with Crippen molar-refractivity contribution in [3.8, 4) is 5.75 Å². The van der Waals surface area contributed by atoms with E-state index < -0.39 is 6.29 Å². The van der Waals surface area contributed by atoms with Crippen molar-refractivity contribution in [3.63, 3.8) is 0 Å². The number of hydrogen-bond acceptors (Lipinski definition) is 4. The molecule has 3 aliphatic rings. The highest BCUT2D eigenvalue weighted by molar-refractivity contribution is 9.10. The Morgan fingerprint density at radius 3 is 3.04 bits per heavy atom. The molecular weight excluding hydrogens is 372 g/mol. The summed E-state index contributed by atoms with van der Waals surface area (Å²) in [6.07, 6.45) is 8.09. The minimum atomic E-state index is -0.466. The Hall–Kier alpha value is -0.880. The summed E-state index contributed by atoms with van der Waals surface area (Å²) in [7, 11) is 0. The SMILES string of the molecule is CCOC(OC1CCCCO1)c1cc(Br)cc2c1O[C@@H]1CC=C[C@H]21. The summed E-state index contributed by atoms with van der Waals surface area (Å²) in [6, 6.07) is 4.20. The molecule has 0 radical (unpaired) electrons. The van der Waals surface area contributed by atoms with Crippen molar-refractivity contribution in [1.29, 1.82) is 0 Å². The van der Waals surface area contributed by atoms with Gasteiger partial charge in [-0.25, -0.2) is 0 Å². The van der Waals surface area contributed by atoms with Crippen molar-refractivity contribution in [3.05, 3.63) is 39.9 Å². The molecule has 0 bridgehead atoms. The molecule has 130 valence electrons. The Labute approximate surface area is 151 Å². The predicted octanol–water partition coefficient (Wildman–Crippen LogP) is 4.83. The molecule has 0 amide bonds. The third-order valence-electron chi connectivity index (χ3n) is 4.84. The van der Waals surface area contributed by atoms with Gasteiger partial charge in [-0.15, -0.1) is 0 Å². The molecule has 0 aromatic heterocycles. The van der Waals surface area contributed by atoms with Gasteiger partial charge in [-0.1, -0.05) is 28.1 Å². The first-order valence-electron chi connectivity index (χ1n) is 8.81. The van der Waals surface area contributed by atoms with Gasteiger partial charge in [-0.3, -0.25) is 0 Å². The number of rotatable bonds is 5. The fourth-order valence-corrected chi connectivity index (χ4v) is 4.21. The number of fused-ring (bicyclic) bond motifs is 3. The van der Waals surface area contributed by atoms with Gasteiger partial charge in [0.2, 0.25) is 0 Å². The van der Waals surface area contributed by atoms with Crippen LogP contribution in [0.15, 0.2) is 28.8 Å².